The van der Waals surface area contributed by atoms with Crippen molar-refractivity contribution in [2.75, 3.05) is 6.61 Å². The first kappa shape index (κ1) is 19.0. The quantitative estimate of drug-likeness (QED) is 0.252. The number of aryl methyl sites for hydroxylation is 1. The minimum absolute atomic E-state index is 0.0267. The van der Waals surface area contributed by atoms with Crippen LogP contribution in [-0.4, -0.2) is 34.6 Å². The number of hydrogen-bond acceptors (Lipinski definition) is 5. The summed E-state index contributed by atoms with van der Waals surface area (Å²) in [6.07, 6.45) is -1.11. The van der Waals surface area contributed by atoms with E-state index >= 15 is 0 Å². The highest BCUT2D eigenvalue weighted by Gasteiger charge is 2.45. The first-order valence-corrected chi connectivity index (χ1v) is 8.18. The molecule has 1 saturated carbocycles. The molecule has 1 aliphatic carbocycles. The smallest absolute Gasteiger partial charge is 0.343 e. The predicted octanol–water partition coefficient (Wildman–Crippen LogP) is 4.56. The Hall–Kier alpha value is -1.37. The predicted molar refractivity (Wildman–Crippen MR) is 90.9 cm³/mol. The van der Waals surface area contributed by atoms with Crippen LogP contribution in [0.25, 0.3) is 5.76 Å². The molecule has 1 fully saturated rings. The fourth-order valence-electron chi connectivity index (χ4n) is 2.20. The van der Waals surface area contributed by atoms with Gasteiger partial charge >= 0.3 is 5.97 Å². The van der Waals surface area contributed by atoms with Crippen molar-refractivity contribution in [3.05, 3.63) is 32.0 Å². The van der Waals surface area contributed by atoms with Crippen LogP contribution in [0.1, 0.15) is 24.6 Å². The summed E-state index contributed by atoms with van der Waals surface area (Å²) in [5, 5.41) is 18.3. The number of hydrogen-bond donors (Lipinski definition) is 2. The Morgan fingerprint density at radius 2 is 2.00 bits per heavy atom. The number of esters is 1. The lowest BCUT2D eigenvalue weighted by Crippen LogP contribution is -2.20. The highest BCUT2D eigenvalue weighted by Crippen LogP contribution is 2.41. The van der Waals surface area contributed by atoms with E-state index in [1.165, 1.54) is 6.92 Å². The molecule has 130 valence electrons. The molecule has 0 aliphatic heterocycles. The second-order valence-electron chi connectivity index (χ2n) is 5.21. The number of carbonyl (C=O) groups excluding carboxylic acids is 1. The van der Waals surface area contributed by atoms with E-state index in [1.807, 2.05) is 0 Å². The molecule has 2 rings (SSSR count). The van der Waals surface area contributed by atoms with Crippen molar-refractivity contribution in [3.8, 4) is 0 Å². The minimum atomic E-state index is -1.22. The van der Waals surface area contributed by atoms with Crippen LogP contribution in [-0.2, 0) is 9.53 Å². The van der Waals surface area contributed by atoms with Crippen molar-refractivity contribution in [3.63, 3.8) is 0 Å². The summed E-state index contributed by atoms with van der Waals surface area (Å²) in [5.74, 6) is -2.34. The monoisotopic (exact) mass is 394 g/mol. The van der Waals surface area contributed by atoms with Gasteiger partial charge in [0.2, 0.25) is 0 Å². The number of aliphatic hydroxyl groups excluding tert-OH is 1. The molecule has 2 N–H and O–H groups in total. The van der Waals surface area contributed by atoms with Crippen LogP contribution in [0.2, 0.25) is 15.2 Å². The molecule has 1 heterocycles. The van der Waals surface area contributed by atoms with Gasteiger partial charge in [-0.3, -0.25) is 0 Å². The van der Waals surface area contributed by atoms with E-state index in [-0.39, 0.29) is 45.2 Å². The van der Waals surface area contributed by atoms with Crippen LogP contribution in [0.3, 0.4) is 0 Å². The lowest BCUT2D eigenvalue weighted by molar-refractivity contribution is -0.137. The lowest BCUT2D eigenvalue weighted by Gasteiger charge is -2.14. The number of carbonyl (C=O) groups is 1. The molecule has 0 spiro atoms. The molecule has 0 bridgehead atoms. The number of halogens is 4. The summed E-state index contributed by atoms with van der Waals surface area (Å²) in [4.78, 5) is 16.1. The number of alkyl halides is 1. The first-order chi connectivity index (χ1) is 11.2. The van der Waals surface area contributed by atoms with Crippen LogP contribution in [0.15, 0.2) is 5.57 Å². The molecule has 0 amide bonds. The number of nitrogens with one attached hydrogen (secondary N) is 1. The van der Waals surface area contributed by atoms with E-state index in [9.17, 15) is 14.3 Å². The van der Waals surface area contributed by atoms with E-state index in [0.29, 0.717) is 0 Å². The Balaban J connectivity index is 2.64. The zero-order valence-corrected chi connectivity index (χ0v) is 15.1. The largest absolute Gasteiger partial charge is 0.506 e. The summed E-state index contributed by atoms with van der Waals surface area (Å²) in [7, 11) is 0. The van der Waals surface area contributed by atoms with Crippen LogP contribution < -0.4 is 0 Å². The topological polar surface area (TPSA) is 83.3 Å². The van der Waals surface area contributed by atoms with Crippen LogP contribution in [0.4, 0.5) is 4.39 Å². The van der Waals surface area contributed by atoms with Gasteiger partial charge in [0.15, 0.2) is 0 Å². The Labute approximate surface area is 152 Å². The fraction of sp³-hybridized carbons (Fsp3) is 0.400. The number of rotatable bonds is 5. The lowest BCUT2D eigenvalue weighted by atomic mass is 10.0. The van der Waals surface area contributed by atoms with Gasteiger partial charge in [0.1, 0.15) is 22.7 Å². The number of aromatic nitrogens is 1. The zero-order chi connectivity index (χ0) is 18.2. The van der Waals surface area contributed by atoms with Crippen molar-refractivity contribution in [1.29, 1.82) is 5.41 Å². The van der Waals surface area contributed by atoms with Crippen LogP contribution >= 0.6 is 34.8 Å². The second kappa shape index (κ2) is 7.25. The highest BCUT2D eigenvalue weighted by molar-refractivity contribution is 6.48. The molecule has 0 unspecified atom stereocenters. The van der Waals surface area contributed by atoms with Crippen molar-refractivity contribution in [2.24, 2.45) is 5.92 Å². The maximum atomic E-state index is 13.3. The standard InChI is InChI=1S/C15H14Cl3FN2O3/c1-3-24-15(23)9(12(20)6-4-7(6)19)13(22)8-5(2)21-14(18)11(17)10(8)16/h6-7,20,22H,3-4H2,1-2H3/t6-,7-/m0/s1. The third kappa shape index (κ3) is 3.50. The van der Waals surface area contributed by atoms with Crippen molar-refractivity contribution < 1.29 is 19.0 Å². The van der Waals surface area contributed by atoms with E-state index in [4.69, 9.17) is 44.9 Å². The molecule has 1 aromatic heterocycles. The Bertz CT molecular complexity index is 752. The Kier molecular flexibility index (Phi) is 5.73. The van der Waals surface area contributed by atoms with Crippen LogP contribution in [0, 0.1) is 18.3 Å². The Morgan fingerprint density at radius 1 is 1.42 bits per heavy atom. The first-order valence-electron chi connectivity index (χ1n) is 7.05. The van der Waals surface area contributed by atoms with E-state index in [1.54, 1.807) is 6.92 Å². The molecule has 5 nitrogen and oxygen atoms in total. The maximum Gasteiger partial charge on any atom is 0.343 e. The van der Waals surface area contributed by atoms with E-state index < -0.39 is 29.4 Å². The van der Waals surface area contributed by atoms with Gasteiger partial charge in [-0.25, -0.2) is 14.2 Å². The molecular weight excluding hydrogens is 382 g/mol. The summed E-state index contributed by atoms with van der Waals surface area (Å²) >= 11 is 17.9. The third-order valence-corrected chi connectivity index (χ3v) is 4.74. The summed E-state index contributed by atoms with van der Waals surface area (Å²) in [5.41, 5.74) is -0.642. The number of nitrogens with zero attached hydrogens (tertiary/aromatic N) is 1. The molecule has 9 heteroatoms. The SMILES string of the molecule is CCOC(=O)C(C(=N)[C@H]1C[C@@H]1F)=C(O)c1c(C)nc(Cl)c(Cl)c1Cl. The molecule has 24 heavy (non-hydrogen) atoms. The van der Waals surface area contributed by atoms with E-state index in [0.717, 1.165) is 0 Å². The molecule has 0 saturated heterocycles. The molecule has 2 atom stereocenters. The minimum Gasteiger partial charge on any atom is -0.506 e. The molecule has 0 radical (unpaired) electrons. The molecular formula is C15H14Cl3FN2O3. The molecule has 1 aromatic rings. The fourth-order valence-corrected chi connectivity index (χ4v) is 2.92. The van der Waals surface area contributed by atoms with Gasteiger partial charge in [0.25, 0.3) is 0 Å². The average molecular weight is 396 g/mol. The average Bonchev–Trinajstić information content (AvgIpc) is 3.22. The van der Waals surface area contributed by atoms with Gasteiger partial charge in [0.05, 0.1) is 33.6 Å². The molecule has 1 aliphatic rings. The third-order valence-electron chi connectivity index (χ3n) is 3.53. The molecule has 0 aromatic carbocycles. The number of pyridine rings is 1. The van der Waals surface area contributed by atoms with Gasteiger partial charge in [-0.05, 0) is 20.3 Å². The van der Waals surface area contributed by atoms with Crippen molar-refractivity contribution in [2.45, 2.75) is 26.4 Å². The normalized spacial score (nSPS) is 20.4. The van der Waals surface area contributed by atoms with Gasteiger partial charge in [0, 0.05) is 5.92 Å². The van der Waals surface area contributed by atoms with Gasteiger partial charge in [-0.2, -0.15) is 0 Å². The summed E-state index contributed by atoms with van der Waals surface area (Å²) in [6.45, 7) is 3.10. The van der Waals surface area contributed by atoms with Crippen LogP contribution in [0.5, 0.6) is 0 Å². The van der Waals surface area contributed by atoms with Gasteiger partial charge in [-0.1, -0.05) is 34.8 Å². The van der Waals surface area contributed by atoms with Crippen molar-refractivity contribution >= 4 is 52.2 Å². The zero-order valence-electron chi connectivity index (χ0n) is 12.8. The number of ether oxygens (including phenoxy) is 1. The summed E-state index contributed by atoms with van der Waals surface area (Å²) < 4.78 is 18.2. The van der Waals surface area contributed by atoms with Gasteiger partial charge in [-0.15, -0.1) is 0 Å². The van der Waals surface area contributed by atoms with Crippen molar-refractivity contribution in [1.82, 2.24) is 4.98 Å². The summed E-state index contributed by atoms with van der Waals surface area (Å²) in [6, 6.07) is 0. The highest BCUT2D eigenvalue weighted by atomic mass is 35.5. The number of aliphatic hydroxyl groups is 1. The second-order valence-corrected chi connectivity index (χ2v) is 6.32. The van der Waals surface area contributed by atoms with Gasteiger partial charge < -0.3 is 15.3 Å². The van der Waals surface area contributed by atoms with E-state index in [2.05, 4.69) is 4.98 Å². The Morgan fingerprint density at radius 3 is 2.50 bits per heavy atom. The maximum absolute atomic E-state index is 13.3.